The number of imidazole rings is 1. The fourth-order valence-electron chi connectivity index (χ4n) is 3.78. The van der Waals surface area contributed by atoms with E-state index in [4.69, 9.17) is 4.98 Å². The van der Waals surface area contributed by atoms with Crippen LogP contribution in [-0.2, 0) is 4.79 Å². The summed E-state index contributed by atoms with van der Waals surface area (Å²) >= 11 is 0. The molecule has 1 aliphatic rings. The van der Waals surface area contributed by atoms with E-state index in [0.717, 1.165) is 33.8 Å². The molecule has 2 aromatic heterocycles. The van der Waals surface area contributed by atoms with Gasteiger partial charge in [0.25, 0.3) is 5.91 Å². The molecule has 1 unspecified atom stereocenters. The van der Waals surface area contributed by atoms with Crippen LogP contribution in [0, 0.1) is 0 Å². The van der Waals surface area contributed by atoms with Crippen molar-refractivity contribution in [2.75, 3.05) is 18.4 Å². The SMILES string of the molecule is CCN(CC)C(=O)C1=C(C)Nc2nc3ccccc3n2C1c1ccncc1. The Bertz CT molecular complexity index is 1020. The van der Waals surface area contributed by atoms with Crippen LogP contribution < -0.4 is 5.32 Å². The van der Waals surface area contributed by atoms with Crippen molar-refractivity contribution >= 4 is 22.9 Å². The van der Waals surface area contributed by atoms with Gasteiger partial charge in [0.15, 0.2) is 0 Å². The lowest BCUT2D eigenvalue weighted by atomic mass is 9.94. The van der Waals surface area contributed by atoms with Gasteiger partial charge in [-0.25, -0.2) is 4.98 Å². The van der Waals surface area contributed by atoms with Gasteiger partial charge in [0.1, 0.15) is 0 Å². The summed E-state index contributed by atoms with van der Waals surface area (Å²) in [6, 6.07) is 11.7. The molecule has 0 saturated heterocycles. The fourth-order valence-corrected chi connectivity index (χ4v) is 3.78. The average molecular weight is 361 g/mol. The van der Waals surface area contributed by atoms with E-state index >= 15 is 0 Å². The standard InChI is InChI=1S/C21H23N5O/c1-4-25(5-2)20(27)18-14(3)23-21-24-16-8-6-7-9-17(16)26(21)19(18)15-10-12-22-13-11-15/h6-13,19H,4-5H2,1-3H3,(H,23,24). The van der Waals surface area contributed by atoms with Gasteiger partial charge in [0, 0.05) is 31.2 Å². The van der Waals surface area contributed by atoms with Crippen molar-refractivity contribution < 1.29 is 4.79 Å². The van der Waals surface area contributed by atoms with Gasteiger partial charge in [-0.3, -0.25) is 14.3 Å². The van der Waals surface area contributed by atoms with E-state index in [-0.39, 0.29) is 11.9 Å². The Morgan fingerprint density at radius 3 is 2.56 bits per heavy atom. The third-order valence-corrected chi connectivity index (χ3v) is 5.13. The van der Waals surface area contributed by atoms with Crippen LogP contribution in [-0.4, -0.2) is 38.4 Å². The number of carbonyl (C=O) groups is 1. The number of hydrogen-bond acceptors (Lipinski definition) is 4. The summed E-state index contributed by atoms with van der Waals surface area (Å²) in [7, 11) is 0. The summed E-state index contributed by atoms with van der Waals surface area (Å²) in [4.78, 5) is 24.1. The van der Waals surface area contributed by atoms with E-state index < -0.39 is 0 Å². The Hall–Kier alpha value is -3.15. The normalized spacial score (nSPS) is 16.2. The highest BCUT2D eigenvalue weighted by molar-refractivity contribution is 5.97. The number of allylic oxidation sites excluding steroid dienone is 1. The minimum absolute atomic E-state index is 0.0512. The molecule has 1 amide bonds. The van der Waals surface area contributed by atoms with Crippen molar-refractivity contribution in [3.63, 3.8) is 0 Å². The first-order valence-electron chi connectivity index (χ1n) is 9.29. The summed E-state index contributed by atoms with van der Waals surface area (Å²) in [6.07, 6.45) is 3.54. The number of nitrogens with zero attached hydrogens (tertiary/aromatic N) is 4. The number of carbonyl (C=O) groups excluding carboxylic acids is 1. The molecule has 0 spiro atoms. The monoisotopic (exact) mass is 361 g/mol. The largest absolute Gasteiger partial charge is 0.339 e. The maximum atomic E-state index is 13.4. The van der Waals surface area contributed by atoms with E-state index in [0.29, 0.717) is 13.1 Å². The molecule has 3 aromatic rings. The van der Waals surface area contributed by atoms with Crippen LogP contribution in [0.5, 0.6) is 0 Å². The Balaban J connectivity index is 1.96. The Labute approximate surface area is 158 Å². The molecule has 4 rings (SSSR count). The van der Waals surface area contributed by atoms with Crippen molar-refractivity contribution in [1.29, 1.82) is 0 Å². The second-order valence-corrected chi connectivity index (χ2v) is 6.62. The van der Waals surface area contributed by atoms with Gasteiger partial charge >= 0.3 is 0 Å². The van der Waals surface area contributed by atoms with Gasteiger partial charge < -0.3 is 10.2 Å². The molecule has 6 heteroatoms. The number of para-hydroxylation sites is 2. The number of aromatic nitrogens is 3. The third-order valence-electron chi connectivity index (χ3n) is 5.13. The Kier molecular flexibility index (Phi) is 4.39. The highest BCUT2D eigenvalue weighted by Crippen LogP contribution is 2.39. The number of anilines is 1. The van der Waals surface area contributed by atoms with Crippen molar-refractivity contribution in [3.05, 3.63) is 65.6 Å². The van der Waals surface area contributed by atoms with E-state index in [9.17, 15) is 4.79 Å². The van der Waals surface area contributed by atoms with Crippen molar-refractivity contribution in [1.82, 2.24) is 19.4 Å². The zero-order chi connectivity index (χ0) is 19.0. The summed E-state index contributed by atoms with van der Waals surface area (Å²) in [5.41, 5.74) is 4.52. The van der Waals surface area contributed by atoms with Crippen molar-refractivity contribution in [3.8, 4) is 0 Å². The first kappa shape index (κ1) is 17.3. The summed E-state index contributed by atoms with van der Waals surface area (Å²) in [6.45, 7) is 7.31. The van der Waals surface area contributed by atoms with E-state index in [1.54, 1.807) is 12.4 Å². The minimum atomic E-state index is -0.246. The summed E-state index contributed by atoms with van der Waals surface area (Å²) < 4.78 is 2.12. The highest BCUT2D eigenvalue weighted by Gasteiger charge is 2.35. The van der Waals surface area contributed by atoms with Crippen LogP contribution in [0.4, 0.5) is 5.95 Å². The smallest absolute Gasteiger partial charge is 0.253 e. The van der Waals surface area contributed by atoms with Gasteiger partial charge in [0.2, 0.25) is 5.95 Å². The predicted octanol–water partition coefficient (Wildman–Crippen LogP) is 3.59. The molecule has 0 saturated carbocycles. The molecule has 1 aromatic carbocycles. The second kappa shape index (κ2) is 6.87. The molecular weight excluding hydrogens is 338 g/mol. The number of amides is 1. The minimum Gasteiger partial charge on any atom is -0.339 e. The first-order chi connectivity index (χ1) is 13.2. The van der Waals surface area contributed by atoms with Crippen LogP contribution in [0.25, 0.3) is 11.0 Å². The van der Waals surface area contributed by atoms with Crippen LogP contribution >= 0.6 is 0 Å². The van der Waals surface area contributed by atoms with Gasteiger partial charge in [-0.05, 0) is 50.6 Å². The molecule has 0 aliphatic carbocycles. The van der Waals surface area contributed by atoms with Crippen molar-refractivity contribution in [2.24, 2.45) is 0 Å². The van der Waals surface area contributed by atoms with Gasteiger partial charge in [-0.1, -0.05) is 12.1 Å². The molecule has 1 N–H and O–H groups in total. The van der Waals surface area contributed by atoms with Crippen LogP contribution in [0.15, 0.2) is 60.1 Å². The molecule has 1 atom stereocenters. The first-order valence-corrected chi connectivity index (χ1v) is 9.29. The number of nitrogens with one attached hydrogen (secondary N) is 1. The lowest BCUT2D eigenvalue weighted by molar-refractivity contribution is -0.127. The van der Waals surface area contributed by atoms with E-state index in [2.05, 4.69) is 14.9 Å². The van der Waals surface area contributed by atoms with E-state index in [1.807, 2.05) is 62.1 Å². The Morgan fingerprint density at radius 2 is 1.85 bits per heavy atom. The number of pyridine rings is 1. The Morgan fingerprint density at radius 1 is 1.15 bits per heavy atom. The molecule has 3 heterocycles. The number of rotatable bonds is 4. The third kappa shape index (κ3) is 2.77. The lowest BCUT2D eigenvalue weighted by Gasteiger charge is -2.33. The highest BCUT2D eigenvalue weighted by atomic mass is 16.2. The van der Waals surface area contributed by atoms with Gasteiger partial charge in [-0.15, -0.1) is 0 Å². The molecule has 6 nitrogen and oxygen atoms in total. The molecule has 0 radical (unpaired) electrons. The molecule has 0 bridgehead atoms. The second-order valence-electron chi connectivity index (χ2n) is 6.62. The molecular formula is C21H23N5O. The number of benzene rings is 1. The molecule has 138 valence electrons. The van der Waals surface area contributed by atoms with Crippen molar-refractivity contribution in [2.45, 2.75) is 26.8 Å². The molecule has 0 fully saturated rings. The van der Waals surface area contributed by atoms with Crippen LogP contribution in [0.2, 0.25) is 0 Å². The number of hydrogen-bond donors (Lipinski definition) is 1. The zero-order valence-corrected chi connectivity index (χ0v) is 15.8. The summed E-state index contributed by atoms with van der Waals surface area (Å²) in [5.74, 6) is 0.807. The fraction of sp³-hybridized carbons (Fsp3) is 0.286. The number of fused-ring (bicyclic) bond motifs is 3. The zero-order valence-electron chi connectivity index (χ0n) is 15.8. The molecule has 1 aliphatic heterocycles. The van der Waals surface area contributed by atoms with Crippen LogP contribution in [0.3, 0.4) is 0 Å². The lowest BCUT2D eigenvalue weighted by Crippen LogP contribution is -2.37. The number of likely N-dealkylation sites (N-methyl/N-ethyl adjacent to an activating group) is 1. The quantitative estimate of drug-likeness (QED) is 0.771. The maximum Gasteiger partial charge on any atom is 0.253 e. The van der Waals surface area contributed by atoms with Gasteiger partial charge in [0.05, 0.1) is 22.6 Å². The topological polar surface area (TPSA) is 63.1 Å². The van der Waals surface area contributed by atoms with Crippen LogP contribution in [0.1, 0.15) is 32.4 Å². The maximum absolute atomic E-state index is 13.4. The summed E-state index contributed by atoms with van der Waals surface area (Å²) in [5, 5.41) is 3.35. The molecule has 27 heavy (non-hydrogen) atoms. The predicted molar refractivity (Wildman–Crippen MR) is 106 cm³/mol. The average Bonchev–Trinajstić information content (AvgIpc) is 3.06. The van der Waals surface area contributed by atoms with E-state index in [1.165, 1.54) is 0 Å². The van der Waals surface area contributed by atoms with Gasteiger partial charge in [-0.2, -0.15) is 0 Å².